The fourth-order valence-electron chi connectivity index (χ4n) is 5.72. The number of amides is 1. The lowest BCUT2D eigenvalue weighted by atomic mass is 9.49. The minimum Gasteiger partial charge on any atom is -0.488 e. The third-order valence-electron chi connectivity index (χ3n) is 6.47. The van der Waals surface area contributed by atoms with Crippen molar-refractivity contribution in [1.82, 2.24) is 10.3 Å². The van der Waals surface area contributed by atoms with E-state index in [9.17, 15) is 9.59 Å². The van der Waals surface area contributed by atoms with Gasteiger partial charge in [-0.1, -0.05) is 13.8 Å². The Morgan fingerprint density at radius 1 is 1.23 bits per heavy atom. The highest BCUT2D eigenvalue weighted by Gasteiger charge is 2.54. The maximum Gasteiger partial charge on any atom is 0.226 e. The minimum atomic E-state index is -0.143. The van der Waals surface area contributed by atoms with E-state index in [0.717, 1.165) is 42.7 Å². The summed E-state index contributed by atoms with van der Waals surface area (Å²) in [4.78, 5) is 28.2. The number of carbonyl (C=O) groups excluding carboxylic acids is 1. The Bertz CT molecular complexity index is 702. The summed E-state index contributed by atoms with van der Waals surface area (Å²) in [5, 5.41) is 3.10. The Morgan fingerprint density at radius 2 is 1.85 bits per heavy atom. The third kappa shape index (κ3) is 3.40. The average Bonchev–Trinajstić information content (AvgIpc) is 2.57. The lowest BCUT2D eigenvalue weighted by Gasteiger charge is -2.55. The van der Waals surface area contributed by atoms with Crippen molar-refractivity contribution in [3.63, 3.8) is 0 Å². The smallest absolute Gasteiger partial charge is 0.226 e. The van der Waals surface area contributed by atoms with E-state index in [1.165, 1.54) is 25.3 Å². The van der Waals surface area contributed by atoms with Crippen molar-refractivity contribution in [2.45, 2.75) is 58.9 Å². The lowest BCUT2D eigenvalue weighted by molar-refractivity contribution is -0.146. The van der Waals surface area contributed by atoms with Crippen LogP contribution >= 0.6 is 0 Å². The summed E-state index contributed by atoms with van der Waals surface area (Å²) in [5.74, 6) is 3.17. The molecule has 0 radical (unpaired) electrons. The van der Waals surface area contributed by atoms with Crippen molar-refractivity contribution in [2.75, 3.05) is 6.61 Å². The van der Waals surface area contributed by atoms with Gasteiger partial charge >= 0.3 is 0 Å². The molecule has 1 aromatic heterocycles. The normalized spacial score (nSPS) is 32.0. The van der Waals surface area contributed by atoms with Crippen molar-refractivity contribution >= 4 is 5.91 Å². The first-order chi connectivity index (χ1) is 12.4. The van der Waals surface area contributed by atoms with Crippen molar-refractivity contribution < 1.29 is 9.53 Å². The molecule has 0 saturated heterocycles. The highest BCUT2D eigenvalue weighted by atomic mass is 16.5. The number of aromatic amines is 1. The second kappa shape index (κ2) is 6.75. The lowest BCUT2D eigenvalue weighted by Crippen LogP contribution is -2.53. The van der Waals surface area contributed by atoms with E-state index >= 15 is 0 Å². The Kier molecular flexibility index (Phi) is 4.57. The van der Waals surface area contributed by atoms with Crippen LogP contribution in [0.15, 0.2) is 17.1 Å². The fraction of sp³-hybridized carbons (Fsp3) is 0.714. The first kappa shape index (κ1) is 17.6. The van der Waals surface area contributed by atoms with E-state index in [1.807, 2.05) is 13.8 Å². The molecule has 1 heterocycles. The quantitative estimate of drug-likeness (QED) is 0.820. The van der Waals surface area contributed by atoms with E-state index in [2.05, 4.69) is 10.3 Å². The molecule has 4 fully saturated rings. The SMILES string of the molecule is CC(C)COc1c[nH]c(CNC(=O)C23CC4CC(CC(C4)C2)C3)cc1=O. The molecule has 142 valence electrons. The molecule has 5 rings (SSSR count). The molecule has 0 aromatic carbocycles. The van der Waals surface area contributed by atoms with Gasteiger partial charge in [0.25, 0.3) is 0 Å². The molecule has 4 bridgehead atoms. The second-order valence-electron chi connectivity index (χ2n) is 9.27. The zero-order chi connectivity index (χ0) is 18.3. The van der Waals surface area contributed by atoms with Crippen LogP contribution in [0.5, 0.6) is 5.75 Å². The summed E-state index contributed by atoms with van der Waals surface area (Å²) < 4.78 is 5.51. The molecule has 4 aliphatic rings. The van der Waals surface area contributed by atoms with Crippen LogP contribution in [0.1, 0.15) is 58.1 Å². The summed E-state index contributed by atoms with van der Waals surface area (Å²) >= 11 is 0. The van der Waals surface area contributed by atoms with Gasteiger partial charge in [-0.3, -0.25) is 9.59 Å². The molecule has 4 saturated carbocycles. The number of rotatable bonds is 6. The first-order valence-corrected chi connectivity index (χ1v) is 10.1. The van der Waals surface area contributed by atoms with Gasteiger partial charge in [-0.2, -0.15) is 0 Å². The Hall–Kier alpha value is -1.78. The maximum atomic E-state index is 13.0. The number of carbonyl (C=O) groups is 1. The van der Waals surface area contributed by atoms with Gasteiger partial charge in [-0.25, -0.2) is 0 Å². The standard InChI is InChI=1S/C21H30N2O3/c1-13(2)12-26-19-11-22-17(6-18(19)24)10-23-20(25)21-7-14-3-15(8-21)5-16(4-14)9-21/h6,11,13-16H,3-5,7-10,12H2,1-2H3,(H,22,24)(H,23,25). The molecule has 26 heavy (non-hydrogen) atoms. The van der Waals surface area contributed by atoms with Gasteiger partial charge < -0.3 is 15.0 Å². The van der Waals surface area contributed by atoms with Gasteiger partial charge in [0, 0.05) is 23.4 Å². The number of H-pyrrole nitrogens is 1. The summed E-state index contributed by atoms with van der Waals surface area (Å²) in [6.07, 6.45) is 8.78. The van der Waals surface area contributed by atoms with E-state index < -0.39 is 0 Å². The van der Waals surface area contributed by atoms with E-state index in [1.54, 1.807) is 6.20 Å². The number of aromatic nitrogens is 1. The highest BCUT2D eigenvalue weighted by Crippen LogP contribution is 2.60. The molecular formula is C21H30N2O3. The Balaban J connectivity index is 1.37. The summed E-state index contributed by atoms with van der Waals surface area (Å²) in [6, 6.07) is 1.54. The Labute approximate surface area is 154 Å². The van der Waals surface area contributed by atoms with E-state index in [4.69, 9.17) is 4.74 Å². The van der Waals surface area contributed by atoms with Crippen LogP contribution in [0.2, 0.25) is 0 Å². The van der Waals surface area contributed by atoms with Crippen LogP contribution in [0.25, 0.3) is 0 Å². The monoisotopic (exact) mass is 358 g/mol. The van der Waals surface area contributed by atoms with Crippen molar-refractivity contribution in [3.8, 4) is 5.75 Å². The molecule has 4 aliphatic carbocycles. The molecular weight excluding hydrogens is 328 g/mol. The maximum absolute atomic E-state index is 13.0. The molecule has 1 amide bonds. The molecule has 2 N–H and O–H groups in total. The van der Waals surface area contributed by atoms with Gasteiger partial charge in [0.05, 0.1) is 13.2 Å². The molecule has 1 aromatic rings. The molecule has 0 spiro atoms. The van der Waals surface area contributed by atoms with Gasteiger partial charge in [0.15, 0.2) is 5.75 Å². The summed E-state index contributed by atoms with van der Waals surface area (Å²) in [7, 11) is 0. The van der Waals surface area contributed by atoms with Crippen LogP contribution in [0.3, 0.4) is 0 Å². The van der Waals surface area contributed by atoms with Crippen molar-refractivity contribution in [1.29, 1.82) is 0 Å². The number of nitrogens with one attached hydrogen (secondary N) is 2. The predicted octanol–water partition coefficient (Wildman–Crippen LogP) is 3.24. The molecule has 0 atom stereocenters. The molecule has 5 heteroatoms. The van der Waals surface area contributed by atoms with Gasteiger partial charge in [0.1, 0.15) is 0 Å². The fourth-order valence-corrected chi connectivity index (χ4v) is 5.72. The van der Waals surface area contributed by atoms with Crippen LogP contribution < -0.4 is 15.5 Å². The topological polar surface area (TPSA) is 71.2 Å². The number of ether oxygens (including phenoxy) is 1. The average molecular weight is 358 g/mol. The molecule has 5 nitrogen and oxygen atoms in total. The Morgan fingerprint density at radius 3 is 2.38 bits per heavy atom. The van der Waals surface area contributed by atoms with Crippen LogP contribution in [-0.4, -0.2) is 17.5 Å². The van der Waals surface area contributed by atoms with E-state index in [0.29, 0.717) is 24.8 Å². The zero-order valence-corrected chi connectivity index (χ0v) is 15.8. The van der Waals surface area contributed by atoms with Gasteiger partial charge in [-0.05, 0) is 62.2 Å². The van der Waals surface area contributed by atoms with Gasteiger partial charge in [-0.15, -0.1) is 0 Å². The third-order valence-corrected chi connectivity index (χ3v) is 6.47. The summed E-state index contributed by atoms with van der Waals surface area (Å²) in [5.41, 5.74) is 0.448. The first-order valence-electron chi connectivity index (χ1n) is 10.1. The highest BCUT2D eigenvalue weighted by molar-refractivity contribution is 5.83. The van der Waals surface area contributed by atoms with Crippen LogP contribution in [0, 0.1) is 29.1 Å². The van der Waals surface area contributed by atoms with Crippen molar-refractivity contribution in [3.05, 3.63) is 28.2 Å². The number of hydrogen-bond acceptors (Lipinski definition) is 3. The molecule has 0 aliphatic heterocycles. The van der Waals surface area contributed by atoms with Crippen LogP contribution in [0.4, 0.5) is 0 Å². The largest absolute Gasteiger partial charge is 0.488 e. The summed E-state index contributed by atoms with van der Waals surface area (Å²) in [6.45, 7) is 4.98. The molecule has 0 unspecified atom stereocenters. The number of hydrogen-bond donors (Lipinski definition) is 2. The number of pyridine rings is 1. The van der Waals surface area contributed by atoms with Crippen molar-refractivity contribution in [2.24, 2.45) is 29.1 Å². The minimum absolute atomic E-state index is 0.136. The zero-order valence-electron chi connectivity index (χ0n) is 15.8. The van der Waals surface area contributed by atoms with Crippen LogP contribution in [-0.2, 0) is 11.3 Å². The second-order valence-corrected chi connectivity index (χ2v) is 9.27. The van der Waals surface area contributed by atoms with Gasteiger partial charge in [0.2, 0.25) is 11.3 Å². The van der Waals surface area contributed by atoms with E-state index in [-0.39, 0.29) is 16.8 Å². The predicted molar refractivity (Wildman–Crippen MR) is 99.8 cm³/mol.